The minimum Gasteiger partial charge on any atom is -0.494 e. The van der Waals surface area contributed by atoms with Gasteiger partial charge in [0, 0.05) is 23.5 Å². The summed E-state index contributed by atoms with van der Waals surface area (Å²) in [5, 5.41) is 5.81. The Morgan fingerprint density at radius 1 is 1.05 bits per heavy atom. The highest BCUT2D eigenvalue weighted by atomic mass is 19.4. The van der Waals surface area contributed by atoms with Crippen LogP contribution in [0.3, 0.4) is 0 Å². The second-order valence-electron chi connectivity index (χ2n) is 9.73. The third kappa shape index (κ3) is 6.50. The van der Waals surface area contributed by atoms with Gasteiger partial charge in [-0.05, 0) is 43.2 Å². The number of halogens is 4. The average molecular weight is 597 g/mol. The quantitative estimate of drug-likeness (QED) is 0.169. The number of imidazole rings is 1. The van der Waals surface area contributed by atoms with Crippen LogP contribution in [0.15, 0.2) is 60.0 Å². The topological polar surface area (TPSA) is 106 Å². The van der Waals surface area contributed by atoms with Crippen molar-refractivity contribution in [2.45, 2.75) is 45.5 Å². The maximum absolute atomic E-state index is 14.4. The summed E-state index contributed by atoms with van der Waals surface area (Å²) >= 11 is 0. The maximum atomic E-state index is 14.4. The number of carbonyl (C=O) groups is 1. The molecule has 43 heavy (non-hydrogen) atoms. The average Bonchev–Trinajstić information content (AvgIpc) is 3.42. The number of ether oxygens (including phenoxy) is 2. The molecule has 1 unspecified atom stereocenters. The first kappa shape index (κ1) is 29.7. The first-order valence-corrected chi connectivity index (χ1v) is 13.7. The molecule has 2 aromatic carbocycles. The van der Waals surface area contributed by atoms with Crippen molar-refractivity contribution in [3.63, 3.8) is 0 Å². The minimum atomic E-state index is -4.68. The number of esters is 1. The minimum absolute atomic E-state index is 0.0574. The van der Waals surface area contributed by atoms with Crippen molar-refractivity contribution in [3.05, 3.63) is 83.2 Å². The summed E-state index contributed by atoms with van der Waals surface area (Å²) in [4.78, 5) is 29.2. The first-order valence-electron chi connectivity index (χ1n) is 13.7. The zero-order valence-electron chi connectivity index (χ0n) is 23.4. The summed E-state index contributed by atoms with van der Waals surface area (Å²) in [5.74, 6) is -0.868. The Morgan fingerprint density at radius 3 is 2.49 bits per heavy atom. The molecule has 1 aliphatic rings. The molecule has 2 aromatic heterocycles. The van der Waals surface area contributed by atoms with Gasteiger partial charge in [-0.2, -0.15) is 18.3 Å². The van der Waals surface area contributed by atoms with Gasteiger partial charge in [0.1, 0.15) is 17.4 Å². The lowest BCUT2D eigenvalue weighted by Gasteiger charge is -2.29. The van der Waals surface area contributed by atoms with Gasteiger partial charge in [-0.1, -0.05) is 26.0 Å². The molecule has 4 aromatic rings. The number of hydrogen-bond donors (Lipinski definition) is 1. The number of rotatable bonds is 10. The van der Waals surface area contributed by atoms with Crippen molar-refractivity contribution in [1.29, 1.82) is 0 Å². The standard InChI is InChI=1S/C30H28F4N6O3/c1-3-11-42-19-9-10-20(22(13-19)30(32,33)34)27-35-14-18(15-36-27)26(29(41)43-12-4-2)40-17-25-24(16-37-40)38-28(39-25)21-7-5-6-8-23(21)31/h5-10,13-16,26H,3-4,11-12,17H2,1-2H3,(H,38,39). The van der Waals surface area contributed by atoms with Gasteiger partial charge < -0.3 is 14.5 Å². The molecule has 1 atom stereocenters. The monoisotopic (exact) mass is 596 g/mol. The predicted octanol–water partition coefficient (Wildman–Crippen LogP) is 6.32. The Balaban J connectivity index is 1.45. The largest absolute Gasteiger partial charge is 0.494 e. The molecule has 0 fully saturated rings. The lowest BCUT2D eigenvalue weighted by Crippen LogP contribution is -2.33. The van der Waals surface area contributed by atoms with Crippen LogP contribution in [0.25, 0.3) is 22.8 Å². The van der Waals surface area contributed by atoms with E-state index in [1.807, 2.05) is 13.8 Å². The summed E-state index contributed by atoms with van der Waals surface area (Å²) in [6.45, 7) is 4.18. The summed E-state index contributed by atoms with van der Waals surface area (Å²) in [5.41, 5.74) is 0.428. The number of alkyl halides is 3. The molecule has 0 amide bonds. The van der Waals surface area contributed by atoms with Gasteiger partial charge >= 0.3 is 12.1 Å². The Morgan fingerprint density at radius 2 is 1.79 bits per heavy atom. The number of carbonyl (C=O) groups excluding carboxylic acids is 1. The van der Waals surface area contributed by atoms with E-state index in [-0.39, 0.29) is 48.0 Å². The van der Waals surface area contributed by atoms with Crippen LogP contribution in [-0.2, 0) is 22.3 Å². The van der Waals surface area contributed by atoms with Gasteiger partial charge in [0.15, 0.2) is 11.9 Å². The molecule has 1 N–H and O–H groups in total. The maximum Gasteiger partial charge on any atom is 0.417 e. The summed E-state index contributed by atoms with van der Waals surface area (Å²) < 4.78 is 67.0. The van der Waals surface area contributed by atoms with Crippen LogP contribution in [0.5, 0.6) is 5.75 Å². The van der Waals surface area contributed by atoms with E-state index in [0.717, 1.165) is 6.07 Å². The Labute approximate surface area is 244 Å². The van der Waals surface area contributed by atoms with Gasteiger partial charge in [0.25, 0.3) is 0 Å². The lowest BCUT2D eigenvalue weighted by molar-refractivity contribution is -0.151. The number of aromatic nitrogens is 4. The molecule has 9 nitrogen and oxygen atoms in total. The van der Waals surface area contributed by atoms with Crippen molar-refractivity contribution < 1.29 is 31.8 Å². The Bertz CT molecular complexity index is 1620. The van der Waals surface area contributed by atoms with Gasteiger partial charge in [-0.25, -0.2) is 24.1 Å². The van der Waals surface area contributed by atoms with E-state index in [1.54, 1.807) is 18.2 Å². The van der Waals surface area contributed by atoms with E-state index in [2.05, 4.69) is 25.0 Å². The third-order valence-corrected chi connectivity index (χ3v) is 6.55. The molecular formula is C30H28F4N6O3. The number of aromatic amines is 1. The van der Waals surface area contributed by atoms with E-state index >= 15 is 0 Å². The Kier molecular flexibility index (Phi) is 8.69. The van der Waals surface area contributed by atoms with Gasteiger partial charge in [-0.15, -0.1) is 0 Å². The number of hydrogen-bond acceptors (Lipinski definition) is 8. The number of hydrazone groups is 1. The van der Waals surface area contributed by atoms with Gasteiger partial charge in [0.05, 0.1) is 48.5 Å². The fourth-order valence-corrected chi connectivity index (χ4v) is 4.51. The van der Waals surface area contributed by atoms with Crippen LogP contribution in [0.2, 0.25) is 0 Å². The van der Waals surface area contributed by atoms with Gasteiger partial charge in [-0.3, -0.25) is 5.01 Å². The molecule has 0 radical (unpaired) electrons. The molecule has 0 spiro atoms. The number of fused-ring (bicyclic) bond motifs is 1. The van der Waals surface area contributed by atoms with E-state index in [9.17, 15) is 22.4 Å². The molecule has 3 heterocycles. The van der Waals surface area contributed by atoms with Crippen molar-refractivity contribution in [1.82, 2.24) is 24.9 Å². The van der Waals surface area contributed by atoms with E-state index in [0.29, 0.717) is 30.1 Å². The van der Waals surface area contributed by atoms with Crippen molar-refractivity contribution in [3.8, 4) is 28.5 Å². The van der Waals surface area contributed by atoms with Crippen LogP contribution < -0.4 is 4.74 Å². The highest BCUT2D eigenvalue weighted by molar-refractivity contribution is 5.82. The lowest BCUT2D eigenvalue weighted by atomic mass is 10.0. The fraction of sp³-hybridized carbons (Fsp3) is 0.300. The second kappa shape index (κ2) is 12.6. The van der Waals surface area contributed by atoms with E-state index in [4.69, 9.17) is 9.47 Å². The molecule has 0 bridgehead atoms. The zero-order valence-corrected chi connectivity index (χ0v) is 23.4. The summed E-state index contributed by atoms with van der Waals surface area (Å²) in [6.07, 6.45) is 0.560. The van der Waals surface area contributed by atoms with Crippen LogP contribution in [0.1, 0.15) is 55.2 Å². The smallest absolute Gasteiger partial charge is 0.417 e. The van der Waals surface area contributed by atoms with Crippen LogP contribution >= 0.6 is 0 Å². The summed E-state index contributed by atoms with van der Waals surface area (Å²) in [6, 6.07) is 8.68. The molecule has 0 saturated carbocycles. The molecule has 13 heteroatoms. The normalized spacial score (nSPS) is 13.5. The SMILES string of the molecule is CCCOC(=O)C(c1cnc(-c2ccc(OCCC)cc2C(F)(F)F)nc1)N1Cc2nc(-c3ccccc3F)[nH]c2C=N1. The number of benzene rings is 2. The highest BCUT2D eigenvalue weighted by Crippen LogP contribution is 2.38. The van der Waals surface area contributed by atoms with Crippen molar-refractivity contribution >= 4 is 12.2 Å². The summed E-state index contributed by atoms with van der Waals surface area (Å²) in [7, 11) is 0. The number of nitrogens with one attached hydrogen (secondary N) is 1. The molecule has 0 saturated heterocycles. The van der Waals surface area contributed by atoms with Crippen molar-refractivity contribution in [2.75, 3.05) is 13.2 Å². The van der Waals surface area contributed by atoms with E-state index < -0.39 is 29.6 Å². The molecule has 5 rings (SSSR count). The van der Waals surface area contributed by atoms with E-state index in [1.165, 1.54) is 41.8 Å². The second-order valence-corrected chi connectivity index (χ2v) is 9.73. The van der Waals surface area contributed by atoms with Crippen LogP contribution in [0, 0.1) is 5.82 Å². The van der Waals surface area contributed by atoms with Crippen LogP contribution in [0.4, 0.5) is 17.6 Å². The van der Waals surface area contributed by atoms with Crippen LogP contribution in [-0.4, -0.2) is 50.3 Å². The third-order valence-electron chi connectivity index (χ3n) is 6.55. The first-order chi connectivity index (χ1) is 20.7. The predicted molar refractivity (Wildman–Crippen MR) is 149 cm³/mol. The number of H-pyrrole nitrogens is 1. The fourth-order valence-electron chi connectivity index (χ4n) is 4.51. The van der Waals surface area contributed by atoms with Gasteiger partial charge in [0.2, 0.25) is 0 Å². The molecule has 224 valence electrons. The Hall–Kier alpha value is -4.81. The molecular weight excluding hydrogens is 568 g/mol. The highest BCUT2D eigenvalue weighted by Gasteiger charge is 2.36. The zero-order chi connectivity index (χ0) is 30.6. The molecule has 0 aliphatic carbocycles. The molecule has 1 aliphatic heterocycles. The van der Waals surface area contributed by atoms with Crippen molar-refractivity contribution in [2.24, 2.45) is 5.10 Å². The number of nitrogens with zero attached hydrogens (tertiary/aromatic N) is 5.